The fourth-order valence-electron chi connectivity index (χ4n) is 10.1. The molecule has 0 fully saturated rings. The van der Waals surface area contributed by atoms with Gasteiger partial charge in [-0.1, -0.05) is 107 Å². The van der Waals surface area contributed by atoms with Crippen LogP contribution in [0.2, 0.25) is 0 Å². The number of imidazole rings is 4. The molecule has 0 N–H and O–H groups in total. The van der Waals surface area contributed by atoms with Crippen LogP contribution in [-0.4, -0.2) is 38.2 Å². The molecule has 0 spiro atoms. The van der Waals surface area contributed by atoms with Gasteiger partial charge in [0, 0.05) is 113 Å². The van der Waals surface area contributed by atoms with E-state index in [-0.39, 0.29) is 74.5 Å². The van der Waals surface area contributed by atoms with E-state index in [4.69, 9.17) is 28.4 Å². The third-order valence-corrected chi connectivity index (χ3v) is 15.3. The highest BCUT2D eigenvalue weighted by molar-refractivity contribution is 5.56. The van der Waals surface area contributed by atoms with Crippen molar-refractivity contribution in [3.8, 4) is 23.0 Å². The first-order chi connectivity index (χ1) is 37.8. The Balaban J connectivity index is 1.28. The Labute approximate surface area is 474 Å². The van der Waals surface area contributed by atoms with Gasteiger partial charge >= 0.3 is 0 Å². The maximum absolute atomic E-state index is 7.09. The number of fused-ring (bicyclic) bond motifs is 8. The van der Waals surface area contributed by atoms with Crippen molar-refractivity contribution in [1.29, 1.82) is 0 Å². The molecule has 9 rings (SSSR count). The summed E-state index contributed by atoms with van der Waals surface area (Å²) in [5, 5.41) is 0. The van der Waals surface area contributed by atoms with Gasteiger partial charge in [-0.25, -0.2) is 19.9 Å². The minimum absolute atomic E-state index is 0.218. The Morgan fingerprint density at radius 2 is 0.537 bits per heavy atom. The van der Waals surface area contributed by atoms with Gasteiger partial charge in [-0.2, -0.15) is 0 Å². The minimum atomic E-state index is -0.218. The number of nitrogens with zero attached hydrogens (tertiary/aromatic N) is 8. The van der Waals surface area contributed by atoms with Crippen LogP contribution in [0.3, 0.4) is 0 Å². The standard InChI is InChI=1S/C66H84N8O6/c1-63(2,3)51-27-43-25-44-28-52(64(4,5)6)33-49(60(44)78-40-56-68-18-22-72(56)14)37-76-38-50-34-54(66(10,11)12)30-46(62(50)80-42-58-70-20-24-74(58)16)26-45-29-53(65(7,8)9)32-48(61(45)79-41-57-69-19-23-73(57)15)36-75-35-47(31-51)59(43)77-39-55-67-17-21-71(55)13/h17-24,27-34H,25-26,35-42H2,1-16H3. The molecule has 4 aromatic carbocycles. The zero-order valence-electron chi connectivity index (χ0n) is 50.3. The fourth-order valence-corrected chi connectivity index (χ4v) is 10.1. The van der Waals surface area contributed by atoms with E-state index in [0.717, 1.165) is 113 Å². The molecule has 0 aliphatic carbocycles. The summed E-state index contributed by atoms with van der Waals surface area (Å²) in [4.78, 5) is 18.7. The summed E-state index contributed by atoms with van der Waals surface area (Å²) >= 11 is 0. The molecule has 4 aromatic heterocycles. The maximum Gasteiger partial charge on any atom is 0.146 e. The molecule has 0 amide bonds. The molecule has 424 valence electrons. The highest BCUT2D eigenvalue weighted by Gasteiger charge is 2.29. The van der Waals surface area contributed by atoms with Gasteiger partial charge in [0.05, 0.1) is 26.4 Å². The largest absolute Gasteiger partial charge is 0.485 e. The van der Waals surface area contributed by atoms with Gasteiger partial charge in [-0.15, -0.1) is 0 Å². The fraction of sp³-hybridized carbons (Fsp3) is 0.455. The van der Waals surface area contributed by atoms with Crippen LogP contribution in [0.4, 0.5) is 0 Å². The normalized spacial score (nSPS) is 13.8. The topological polar surface area (TPSA) is 127 Å². The highest BCUT2D eigenvalue weighted by Crippen LogP contribution is 2.42. The maximum atomic E-state index is 7.09. The van der Waals surface area contributed by atoms with Gasteiger partial charge in [0.15, 0.2) is 0 Å². The number of aromatic nitrogens is 8. The first-order valence-corrected chi connectivity index (χ1v) is 28.0. The Kier molecular flexibility index (Phi) is 16.6. The van der Waals surface area contributed by atoms with Gasteiger partial charge in [-0.3, -0.25) is 0 Å². The van der Waals surface area contributed by atoms with Crippen LogP contribution in [0.5, 0.6) is 23.0 Å². The molecule has 1 aliphatic rings. The zero-order valence-corrected chi connectivity index (χ0v) is 50.3. The van der Waals surface area contributed by atoms with E-state index in [1.807, 2.05) is 96.0 Å². The summed E-state index contributed by atoms with van der Waals surface area (Å²) < 4.78 is 50.4. The Bertz CT molecular complexity index is 3010. The van der Waals surface area contributed by atoms with Crippen molar-refractivity contribution in [3.63, 3.8) is 0 Å². The molecule has 0 atom stereocenters. The summed E-state index contributed by atoms with van der Waals surface area (Å²) in [5.41, 5.74) is 11.6. The lowest BCUT2D eigenvalue weighted by atomic mass is 9.82. The Hall–Kier alpha value is -7.16. The summed E-state index contributed by atoms with van der Waals surface area (Å²) in [5.74, 6) is 6.26. The van der Waals surface area contributed by atoms with E-state index < -0.39 is 0 Å². The van der Waals surface area contributed by atoms with E-state index in [1.54, 1.807) is 0 Å². The molecular weight excluding hydrogens is 1000 g/mol. The van der Waals surface area contributed by atoms with Crippen LogP contribution in [0.15, 0.2) is 98.1 Å². The second-order valence-electron chi connectivity index (χ2n) is 25.8. The number of hydrogen-bond acceptors (Lipinski definition) is 10. The summed E-state index contributed by atoms with van der Waals surface area (Å²) in [6.07, 6.45) is 16.0. The van der Waals surface area contributed by atoms with Crippen molar-refractivity contribution in [1.82, 2.24) is 38.2 Å². The van der Waals surface area contributed by atoms with Crippen LogP contribution in [-0.2, 0) is 125 Å². The third kappa shape index (κ3) is 13.4. The van der Waals surface area contributed by atoms with E-state index in [2.05, 4.69) is 152 Å². The second kappa shape index (κ2) is 23.1. The Morgan fingerprint density at radius 3 is 0.713 bits per heavy atom. The zero-order chi connectivity index (χ0) is 57.3. The highest BCUT2D eigenvalue weighted by atomic mass is 16.5. The van der Waals surface area contributed by atoms with Crippen molar-refractivity contribution in [2.45, 2.75) is 170 Å². The molecule has 14 heteroatoms. The van der Waals surface area contributed by atoms with Crippen molar-refractivity contribution in [3.05, 3.63) is 188 Å². The smallest absolute Gasteiger partial charge is 0.146 e. The van der Waals surface area contributed by atoms with E-state index in [0.29, 0.717) is 12.8 Å². The molecule has 1 aliphatic heterocycles. The number of ether oxygens (including phenoxy) is 6. The number of aryl methyl sites for hydroxylation is 4. The van der Waals surface area contributed by atoms with Gasteiger partial charge < -0.3 is 46.7 Å². The van der Waals surface area contributed by atoms with Gasteiger partial charge in [-0.05, 0) is 90.4 Å². The molecule has 14 nitrogen and oxygen atoms in total. The van der Waals surface area contributed by atoms with Gasteiger partial charge in [0.25, 0.3) is 0 Å². The predicted octanol–water partition coefficient (Wildman–Crippen LogP) is 13.1. The number of rotatable bonds is 12. The van der Waals surface area contributed by atoms with Crippen LogP contribution in [0, 0.1) is 0 Å². The SMILES string of the molecule is Cn1ccnc1COc1c2cc(C(C)(C)C)cc1Cc1cc(C(C)(C)C)cc(c1OCc1nccn1C)COCc1cc(C(C)(C)C)cc(c1OCc1nccn1C)Cc1cc(C(C)(C)C)cc(c1OCc1nccn1C)COC2. The minimum Gasteiger partial charge on any atom is -0.485 e. The van der Waals surface area contributed by atoms with Crippen molar-refractivity contribution in [2.75, 3.05) is 0 Å². The van der Waals surface area contributed by atoms with Crippen LogP contribution in [0.25, 0.3) is 0 Å². The van der Waals surface area contributed by atoms with Gasteiger partial charge in [0.1, 0.15) is 72.7 Å². The molecule has 80 heavy (non-hydrogen) atoms. The molecule has 0 radical (unpaired) electrons. The van der Waals surface area contributed by atoms with E-state index >= 15 is 0 Å². The lowest BCUT2D eigenvalue weighted by Gasteiger charge is -2.28. The van der Waals surface area contributed by atoms with E-state index in [1.165, 1.54) is 0 Å². The molecule has 0 unspecified atom stereocenters. The molecular formula is C66H84N8O6. The Morgan fingerprint density at radius 1 is 0.338 bits per heavy atom. The first-order valence-electron chi connectivity index (χ1n) is 28.0. The summed E-state index contributed by atoms with van der Waals surface area (Å²) in [6.45, 7) is 29.1. The number of hydrogen-bond donors (Lipinski definition) is 0. The lowest BCUT2D eigenvalue weighted by molar-refractivity contribution is 0.101. The lowest BCUT2D eigenvalue weighted by Crippen LogP contribution is -2.17. The van der Waals surface area contributed by atoms with Crippen molar-refractivity contribution in [2.24, 2.45) is 28.2 Å². The monoisotopic (exact) mass is 1080 g/mol. The molecule has 8 aromatic rings. The molecule has 0 saturated carbocycles. The summed E-state index contributed by atoms with van der Waals surface area (Å²) in [7, 11) is 7.98. The van der Waals surface area contributed by atoms with E-state index in [9.17, 15) is 0 Å². The van der Waals surface area contributed by atoms with Gasteiger partial charge in [0.2, 0.25) is 0 Å². The first kappa shape index (κ1) is 57.5. The van der Waals surface area contributed by atoms with Crippen LogP contribution >= 0.6 is 0 Å². The molecule has 5 heterocycles. The molecule has 0 saturated heterocycles. The quantitative estimate of drug-likeness (QED) is 0.117. The summed E-state index contributed by atoms with van der Waals surface area (Å²) in [6, 6.07) is 18.3. The third-order valence-electron chi connectivity index (χ3n) is 15.3. The second-order valence-corrected chi connectivity index (χ2v) is 25.8. The number of benzene rings is 4. The van der Waals surface area contributed by atoms with Crippen molar-refractivity contribution >= 4 is 0 Å². The van der Waals surface area contributed by atoms with Crippen LogP contribution in [0.1, 0.15) is 173 Å². The average molecular weight is 1090 g/mol. The van der Waals surface area contributed by atoms with Crippen molar-refractivity contribution < 1.29 is 28.4 Å². The molecule has 8 bridgehead atoms. The van der Waals surface area contributed by atoms with Crippen LogP contribution < -0.4 is 18.9 Å². The predicted molar refractivity (Wildman–Crippen MR) is 313 cm³/mol. The average Bonchev–Trinajstić information content (AvgIpc) is 4.20.